The van der Waals surface area contributed by atoms with Crippen LogP contribution < -0.4 is 5.73 Å². The largest absolute Gasteiger partial charge is 0.326 e. The molecule has 0 amide bonds. The lowest BCUT2D eigenvalue weighted by atomic mass is 9.98. The van der Waals surface area contributed by atoms with Crippen molar-refractivity contribution in [3.63, 3.8) is 0 Å². The second-order valence-corrected chi connectivity index (χ2v) is 5.24. The van der Waals surface area contributed by atoms with Crippen LogP contribution in [0.5, 0.6) is 0 Å². The van der Waals surface area contributed by atoms with Gasteiger partial charge in [-0.25, -0.2) is 0 Å². The third-order valence-electron chi connectivity index (χ3n) is 3.57. The van der Waals surface area contributed by atoms with Crippen molar-refractivity contribution in [3.8, 4) is 0 Å². The highest BCUT2D eigenvalue weighted by Crippen LogP contribution is 2.24. The fourth-order valence-electron chi connectivity index (χ4n) is 2.54. The topological polar surface area (TPSA) is 60.0 Å². The normalized spacial score (nSPS) is 14.4. The Morgan fingerprint density at radius 2 is 2.20 bits per heavy atom. The molecule has 0 aromatic carbocycles. The Kier molecular flexibility index (Phi) is 4.87. The Balaban J connectivity index is 2.18. The molecule has 0 saturated carbocycles. The summed E-state index contributed by atoms with van der Waals surface area (Å²) in [5, 5.41) is 4.21. The summed E-state index contributed by atoms with van der Waals surface area (Å²) in [5.74, 6) is 0. The molecule has 2 atom stereocenters. The van der Waals surface area contributed by atoms with Crippen LogP contribution in [0.4, 0.5) is 0 Å². The first-order chi connectivity index (χ1) is 9.61. The number of nitrogens with two attached hydrogens (primary N) is 1. The number of hydrogen-bond donors (Lipinski definition) is 1. The van der Waals surface area contributed by atoms with Gasteiger partial charge in [-0.05, 0) is 25.1 Å². The number of aromatic nitrogens is 3. The van der Waals surface area contributed by atoms with Crippen molar-refractivity contribution in [2.45, 2.75) is 32.0 Å². The van der Waals surface area contributed by atoms with Crippen molar-refractivity contribution < 1.29 is 0 Å². The van der Waals surface area contributed by atoms with E-state index in [0.29, 0.717) is 0 Å². The van der Waals surface area contributed by atoms with E-state index in [1.54, 1.807) is 6.20 Å². The molecule has 2 heterocycles. The second kappa shape index (κ2) is 6.63. The van der Waals surface area contributed by atoms with E-state index in [0.717, 1.165) is 18.5 Å². The van der Waals surface area contributed by atoms with E-state index in [9.17, 15) is 0 Å². The minimum atomic E-state index is 0.0841. The molecule has 0 radical (unpaired) electrons. The summed E-state index contributed by atoms with van der Waals surface area (Å²) < 4.78 is 1.82. The lowest BCUT2D eigenvalue weighted by Gasteiger charge is -2.32. The summed E-state index contributed by atoms with van der Waals surface area (Å²) in [7, 11) is 4.03. The van der Waals surface area contributed by atoms with E-state index >= 15 is 0 Å². The van der Waals surface area contributed by atoms with Crippen molar-refractivity contribution in [2.75, 3.05) is 7.05 Å². The van der Waals surface area contributed by atoms with Gasteiger partial charge < -0.3 is 5.73 Å². The fourth-order valence-corrected chi connectivity index (χ4v) is 2.54. The molecule has 0 aliphatic heterocycles. The Hall–Kier alpha value is -1.72. The molecule has 2 aromatic heterocycles. The number of rotatable bonds is 6. The SMILES string of the molecule is CCC(N)C(c1cccnc1)N(C)Cc1cnn(C)c1. The van der Waals surface area contributed by atoms with Crippen LogP contribution in [0.15, 0.2) is 36.9 Å². The van der Waals surface area contributed by atoms with Gasteiger partial charge >= 0.3 is 0 Å². The monoisotopic (exact) mass is 273 g/mol. The number of nitrogens with zero attached hydrogens (tertiary/aromatic N) is 4. The van der Waals surface area contributed by atoms with Crippen LogP contribution in [0.2, 0.25) is 0 Å². The maximum absolute atomic E-state index is 6.32. The Labute approximate surface area is 120 Å². The van der Waals surface area contributed by atoms with Gasteiger partial charge in [-0.1, -0.05) is 13.0 Å². The van der Waals surface area contributed by atoms with Crippen LogP contribution in [0.3, 0.4) is 0 Å². The highest BCUT2D eigenvalue weighted by molar-refractivity contribution is 5.17. The van der Waals surface area contributed by atoms with Crippen LogP contribution in [0.25, 0.3) is 0 Å². The predicted molar refractivity (Wildman–Crippen MR) is 79.9 cm³/mol. The van der Waals surface area contributed by atoms with Crippen LogP contribution >= 0.6 is 0 Å². The lowest BCUT2D eigenvalue weighted by Crippen LogP contribution is -2.38. The van der Waals surface area contributed by atoms with Gasteiger partial charge in [0.05, 0.1) is 12.2 Å². The molecule has 20 heavy (non-hydrogen) atoms. The zero-order valence-electron chi connectivity index (χ0n) is 12.4. The molecule has 0 saturated heterocycles. The van der Waals surface area contributed by atoms with Crippen molar-refractivity contribution >= 4 is 0 Å². The molecule has 0 fully saturated rings. The number of aryl methyl sites for hydroxylation is 1. The van der Waals surface area contributed by atoms with E-state index in [-0.39, 0.29) is 12.1 Å². The van der Waals surface area contributed by atoms with Gasteiger partial charge in [0.25, 0.3) is 0 Å². The molecule has 2 N–H and O–H groups in total. The minimum absolute atomic E-state index is 0.0841. The zero-order chi connectivity index (χ0) is 14.5. The van der Waals surface area contributed by atoms with Crippen LogP contribution in [-0.2, 0) is 13.6 Å². The van der Waals surface area contributed by atoms with Crippen LogP contribution in [0, 0.1) is 0 Å². The first kappa shape index (κ1) is 14.7. The molecule has 5 nitrogen and oxygen atoms in total. The van der Waals surface area contributed by atoms with Crippen molar-refractivity contribution in [3.05, 3.63) is 48.0 Å². The summed E-state index contributed by atoms with van der Waals surface area (Å²) in [5.41, 5.74) is 8.67. The molecule has 0 aliphatic carbocycles. The highest BCUT2D eigenvalue weighted by atomic mass is 15.2. The molecule has 2 aromatic rings. The van der Waals surface area contributed by atoms with Crippen molar-refractivity contribution in [1.29, 1.82) is 0 Å². The molecular weight excluding hydrogens is 250 g/mol. The third kappa shape index (κ3) is 3.43. The standard InChI is InChI=1S/C15H23N5/c1-4-14(16)15(13-6-5-7-17-9-13)19(2)10-12-8-18-20(3)11-12/h5-9,11,14-15H,4,10,16H2,1-3H3. The average molecular weight is 273 g/mol. The zero-order valence-corrected chi connectivity index (χ0v) is 12.4. The maximum Gasteiger partial charge on any atom is 0.0534 e. The Morgan fingerprint density at radius 3 is 2.75 bits per heavy atom. The summed E-state index contributed by atoms with van der Waals surface area (Å²) in [6.07, 6.45) is 8.55. The second-order valence-electron chi connectivity index (χ2n) is 5.24. The summed E-state index contributed by atoms with van der Waals surface area (Å²) in [6, 6.07) is 4.30. The molecule has 5 heteroatoms. The van der Waals surface area contributed by atoms with Gasteiger partial charge in [0.1, 0.15) is 0 Å². The quantitative estimate of drug-likeness (QED) is 0.870. The Bertz CT molecular complexity index is 522. The number of pyridine rings is 1. The maximum atomic E-state index is 6.32. The minimum Gasteiger partial charge on any atom is -0.326 e. The lowest BCUT2D eigenvalue weighted by molar-refractivity contribution is 0.201. The van der Waals surface area contributed by atoms with Gasteiger partial charge in [-0.2, -0.15) is 5.10 Å². The van der Waals surface area contributed by atoms with E-state index in [4.69, 9.17) is 5.73 Å². The van der Waals surface area contributed by atoms with E-state index in [2.05, 4.69) is 35.0 Å². The van der Waals surface area contributed by atoms with Crippen LogP contribution in [0.1, 0.15) is 30.5 Å². The summed E-state index contributed by atoms with van der Waals surface area (Å²) in [6.45, 7) is 2.94. The average Bonchev–Trinajstić information content (AvgIpc) is 2.85. The molecule has 108 valence electrons. The molecule has 0 bridgehead atoms. The van der Waals surface area contributed by atoms with E-state index in [1.165, 1.54) is 5.56 Å². The molecule has 0 spiro atoms. The summed E-state index contributed by atoms with van der Waals surface area (Å²) >= 11 is 0. The van der Waals surface area contributed by atoms with Gasteiger partial charge in [0.2, 0.25) is 0 Å². The number of hydrogen-bond acceptors (Lipinski definition) is 4. The van der Waals surface area contributed by atoms with Crippen LogP contribution in [-0.4, -0.2) is 32.8 Å². The van der Waals surface area contributed by atoms with Gasteiger partial charge in [0, 0.05) is 43.8 Å². The molecule has 2 unspecified atom stereocenters. The van der Waals surface area contributed by atoms with Crippen molar-refractivity contribution in [2.24, 2.45) is 12.8 Å². The Morgan fingerprint density at radius 1 is 1.40 bits per heavy atom. The first-order valence-corrected chi connectivity index (χ1v) is 6.95. The summed E-state index contributed by atoms with van der Waals surface area (Å²) in [4.78, 5) is 6.48. The van der Waals surface area contributed by atoms with Gasteiger partial charge in [-0.3, -0.25) is 14.6 Å². The van der Waals surface area contributed by atoms with E-state index < -0.39 is 0 Å². The van der Waals surface area contributed by atoms with Gasteiger partial charge in [0.15, 0.2) is 0 Å². The number of likely N-dealkylation sites (N-methyl/N-ethyl adjacent to an activating group) is 1. The van der Waals surface area contributed by atoms with Crippen molar-refractivity contribution in [1.82, 2.24) is 19.7 Å². The van der Waals surface area contributed by atoms with Gasteiger partial charge in [-0.15, -0.1) is 0 Å². The third-order valence-corrected chi connectivity index (χ3v) is 3.57. The first-order valence-electron chi connectivity index (χ1n) is 6.95. The molecular formula is C15H23N5. The molecule has 0 aliphatic rings. The fraction of sp³-hybridized carbons (Fsp3) is 0.467. The van der Waals surface area contributed by atoms with E-state index in [1.807, 2.05) is 36.4 Å². The predicted octanol–water partition coefficient (Wildman–Crippen LogP) is 1.73. The highest BCUT2D eigenvalue weighted by Gasteiger charge is 2.23. The smallest absolute Gasteiger partial charge is 0.0534 e. The molecule has 2 rings (SSSR count).